The fraction of sp³-hybridized carbons (Fsp3) is 1.00. The minimum absolute atomic E-state index is 0.313. The van der Waals surface area contributed by atoms with Crippen LogP contribution in [-0.2, 0) is 4.74 Å². The zero-order chi connectivity index (χ0) is 9.47. The van der Waals surface area contributed by atoms with E-state index in [9.17, 15) is 0 Å². The third kappa shape index (κ3) is 2.05. The zero-order valence-electron chi connectivity index (χ0n) is 9.05. The molecule has 0 spiro atoms. The standard InChI is InChI=1S/C11H21NO/c1-11(2,3)12-7-6-9-4-5-10(8-12)13-9/h9-10H,4-8H2,1-3H3/t9-,10+/m0/s1. The largest absolute Gasteiger partial charge is 0.374 e. The molecule has 2 aliphatic rings. The molecule has 2 bridgehead atoms. The Balaban J connectivity index is 2.01. The van der Waals surface area contributed by atoms with Crippen molar-refractivity contribution in [2.24, 2.45) is 0 Å². The Bertz CT molecular complexity index is 185. The second-order valence-electron chi connectivity index (χ2n) is 5.36. The van der Waals surface area contributed by atoms with E-state index >= 15 is 0 Å². The second-order valence-corrected chi connectivity index (χ2v) is 5.36. The number of rotatable bonds is 0. The van der Waals surface area contributed by atoms with Crippen LogP contribution in [0.1, 0.15) is 40.0 Å². The van der Waals surface area contributed by atoms with Crippen LogP contribution in [-0.4, -0.2) is 35.7 Å². The first kappa shape index (κ1) is 9.47. The highest BCUT2D eigenvalue weighted by Gasteiger charge is 2.34. The summed E-state index contributed by atoms with van der Waals surface area (Å²) in [5.41, 5.74) is 0.313. The molecule has 2 nitrogen and oxygen atoms in total. The number of ether oxygens (including phenoxy) is 1. The van der Waals surface area contributed by atoms with Crippen molar-refractivity contribution in [1.82, 2.24) is 4.90 Å². The van der Waals surface area contributed by atoms with Crippen molar-refractivity contribution in [3.8, 4) is 0 Å². The number of fused-ring (bicyclic) bond motifs is 2. The van der Waals surface area contributed by atoms with Crippen molar-refractivity contribution < 1.29 is 4.74 Å². The minimum Gasteiger partial charge on any atom is -0.374 e. The quantitative estimate of drug-likeness (QED) is 0.570. The third-order valence-corrected chi connectivity index (χ3v) is 3.29. The summed E-state index contributed by atoms with van der Waals surface area (Å²) in [7, 11) is 0. The van der Waals surface area contributed by atoms with Gasteiger partial charge in [0.05, 0.1) is 12.2 Å². The van der Waals surface area contributed by atoms with Gasteiger partial charge in [-0.1, -0.05) is 0 Å². The van der Waals surface area contributed by atoms with Gasteiger partial charge in [0.15, 0.2) is 0 Å². The van der Waals surface area contributed by atoms with Crippen LogP contribution in [0.4, 0.5) is 0 Å². The van der Waals surface area contributed by atoms with Gasteiger partial charge in [0.2, 0.25) is 0 Å². The lowest BCUT2D eigenvalue weighted by molar-refractivity contribution is 0.0398. The summed E-state index contributed by atoms with van der Waals surface area (Å²) in [6.45, 7) is 9.24. The summed E-state index contributed by atoms with van der Waals surface area (Å²) in [4.78, 5) is 2.57. The van der Waals surface area contributed by atoms with Crippen molar-refractivity contribution in [2.75, 3.05) is 13.1 Å². The first-order chi connectivity index (χ1) is 6.05. The molecule has 76 valence electrons. The highest BCUT2D eigenvalue weighted by Crippen LogP contribution is 2.29. The summed E-state index contributed by atoms with van der Waals surface area (Å²) in [6.07, 6.45) is 4.89. The minimum atomic E-state index is 0.313. The molecule has 0 amide bonds. The Labute approximate surface area is 81.3 Å². The summed E-state index contributed by atoms with van der Waals surface area (Å²) >= 11 is 0. The highest BCUT2D eigenvalue weighted by atomic mass is 16.5. The lowest BCUT2D eigenvalue weighted by Crippen LogP contribution is -2.45. The van der Waals surface area contributed by atoms with Crippen LogP contribution in [0.15, 0.2) is 0 Å². The van der Waals surface area contributed by atoms with E-state index in [-0.39, 0.29) is 0 Å². The molecule has 0 saturated carbocycles. The molecule has 0 aromatic rings. The molecule has 2 atom stereocenters. The smallest absolute Gasteiger partial charge is 0.0706 e. The number of nitrogens with zero attached hydrogens (tertiary/aromatic N) is 1. The maximum Gasteiger partial charge on any atom is 0.0706 e. The third-order valence-electron chi connectivity index (χ3n) is 3.29. The van der Waals surface area contributed by atoms with E-state index in [1.165, 1.54) is 25.8 Å². The molecule has 2 heterocycles. The number of hydrogen-bond acceptors (Lipinski definition) is 2. The van der Waals surface area contributed by atoms with Gasteiger partial charge in [0, 0.05) is 18.6 Å². The molecular weight excluding hydrogens is 162 g/mol. The average Bonchev–Trinajstić information content (AvgIpc) is 2.27. The molecule has 2 saturated heterocycles. The van der Waals surface area contributed by atoms with E-state index in [0.717, 1.165) is 6.54 Å². The van der Waals surface area contributed by atoms with Crippen LogP contribution in [0.25, 0.3) is 0 Å². The van der Waals surface area contributed by atoms with Crippen LogP contribution < -0.4 is 0 Å². The maximum atomic E-state index is 5.91. The molecule has 0 aliphatic carbocycles. The molecule has 13 heavy (non-hydrogen) atoms. The molecular formula is C11H21NO. The highest BCUT2D eigenvalue weighted by molar-refractivity contribution is 4.86. The predicted molar refractivity (Wildman–Crippen MR) is 53.8 cm³/mol. The van der Waals surface area contributed by atoms with E-state index in [1.54, 1.807) is 0 Å². The molecule has 0 N–H and O–H groups in total. The molecule has 0 unspecified atom stereocenters. The topological polar surface area (TPSA) is 12.5 Å². The summed E-state index contributed by atoms with van der Waals surface area (Å²) in [5.74, 6) is 0. The fourth-order valence-electron chi connectivity index (χ4n) is 2.37. The average molecular weight is 183 g/mol. The van der Waals surface area contributed by atoms with Crippen molar-refractivity contribution in [2.45, 2.75) is 57.8 Å². The fourth-order valence-corrected chi connectivity index (χ4v) is 2.37. The number of likely N-dealkylation sites (tertiary alicyclic amines) is 1. The van der Waals surface area contributed by atoms with E-state index in [2.05, 4.69) is 25.7 Å². The molecule has 2 rings (SSSR count). The van der Waals surface area contributed by atoms with Crippen molar-refractivity contribution in [1.29, 1.82) is 0 Å². The Morgan fingerprint density at radius 2 is 1.77 bits per heavy atom. The van der Waals surface area contributed by atoms with Gasteiger partial charge in [-0.25, -0.2) is 0 Å². The van der Waals surface area contributed by atoms with Crippen molar-refractivity contribution in [3.05, 3.63) is 0 Å². The predicted octanol–water partition coefficient (Wildman–Crippen LogP) is 2.04. The van der Waals surface area contributed by atoms with Crippen molar-refractivity contribution in [3.63, 3.8) is 0 Å². The first-order valence-electron chi connectivity index (χ1n) is 5.46. The van der Waals surface area contributed by atoms with Gasteiger partial charge in [-0.2, -0.15) is 0 Å². The molecule has 2 heteroatoms. The van der Waals surface area contributed by atoms with E-state index in [0.29, 0.717) is 17.7 Å². The number of hydrogen-bond donors (Lipinski definition) is 0. The maximum absolute atomic E-state index is 5.91. The Morgan fingerprint density at radius 1 is 1.08 bits per heavy atom. The molecule has 2 fully saturated rings. The molecule has 2 aliphatic heterocycles. The summed E-state index contributed by atoms with van der Waals surface area (Å²) in [6, 6.07) is 0. The summed E-state index contributed by atoms with van der Waals surface area (Å²) in [5, 5.41) is 0. The van der Waals surface area contributed by atoms with Crippen LogP contribution in [0.2, 0.25) is 0 Å². The van der Waals surface area contributed by atoms with Gasteiger partial charge in [0.1, 0.15) is 0 Å². The molecule has 0 aromatic heterocycles. The van der Waals surface area contributed by atoms with E-state index in [1.807, 2.05) is 0 Å². The lowest BCUT2D eigenvalue weighted by Gasteiger charge is -2.36. The Morgan fingerprint density at radius 3 is 2.46 bits per heavy atom. The van der Waals surface area contributed by atoms with E-state index < -0.39 is 0 Å². The van der Waals surface area contributed by atoms with Crippen molar-refractivity contribution >= 4 is 0 Å². The molecule has 0 radical (unpaired) electrons. The summed E-state index contributed by atoms with van der Waals surface area (Å²) < 4.78 is 5.91. The molecule has 0 aromatic carbocycles. The van der Waals surface area contributed by atoms with Crippen LogP contribution in [0.3, 0.4) is 0 Å². The van der Waals surface area contributed by atoms with Gasteiger partial charge in [-0.15, -0.1) is 0 Å². The van der Waals surface area contributed by atoms with Gasteiger partial charge in [-0.3, -0.25) is 4.90 Å². The zero-order valence-corrected chi connectivity index (χ0v) is 9.05. The van der Waals surface area contributed by atoms with Crippen LogP contribution in [0.5, 0.6) is 0 Å². The van der Waals surface area contributed by atoms with Gasteiger partial charge in [0.25, 0.3) is 0 Å². The lowest BCUT2D eigenvalue weighted by atomic mass is 10.0. The van der Waals surface area contributed by atoms with Gasteiger partial charge >= 0.3 is 0 Å². The van der Waals surface area contributed by atoms with E-state index in [4.69, 9.17) is 4.74 Å². The van der Waals surface area contributed by atoms with Crippen LogP contribution >= 0.6 is 0 Å². The van der Waals surface area contributed by atoms with Crippen LogP contribution in [0, 0.1) is 0 Å². The van der Waals surface area contributed by atoms with Gasteiger partial charge in [-0.05, 0) is 40.0 Å². The second kappa shape index (κ2) is 3.25. The SMILES string of the molecule is CC(C)(C)N1CC[C@@H]2CC[C@H](C1)O2. The van der Waals surface area contributed by atoms with Gasteiger partial charge < -0.3 is 4.74 Å². The Kier molecular flexibility index (Phi) is 2.37. The monoisotopic (exact) mass is 183 g/mol. The first-order valence-corrected chi connectivity index (χ1v) is 5.46. The Hall–Kier alpha value is -0.0800. The normalized spacial score (nSPS) is 36.2.